The summed E-state index contributed by atoms with van der Waals surface area (Å²) in [6.45, 7) is 3.39. The Morgan fingerprint density at radius 3 is 1.36 bits per heavy atom. The molecule has 0 N–H and O–H groups in total. The minimum Gasteiger partial charge on any atom is -0.341 e. The molecule has 2 aromatic carbocycles. The van der Waals surface area contributed by atoms with Crippen molar-refractivity contribution in [2.45, 2.75) is 71.1 Å². The number of anilines is 2. The first-order valence-electron chi connectivity index (χ1n) is 10.3. The Morgan fingerprint density at radius 2 is 0.920 bits per heavy atom. The summed E-state index contributed by atoms with van der Waals surface area (Å²) in [4.78, 5) is 2.45. The first-order valence-corrected chi connectivity index (χ1v) is 10.3. The molecule has 0 aromatic heterocycles. The summed E-state index contributed by atoms with van der Waals surface area (Å²) in [5.41, 5.74) is 2.59. The summed E-state index contributed by atoms with van der Waals surface area (Å²) in [6, 6.07) is 21.5. The lowest BCUT2D eigenvalue weighted by Gasteiger charge is -2.25. The Balaban J connectivity index is 1.69. The number of para-hydroxylation sites is 2. The standard InChI is InChI=1S/C24H35N/c1-2-3-4-5-6-7-8-9-10-17-22-25(23-18-13-11-14-19-23)24-20-15-12-16-21-24/h11-16,18-21H,2-10,17,22H2,1H3. The minimum atomic E-state index is 1.10. The second-order valence-corrected chi connectivity index (χ2v) is 7.00. The molecular formula is C24H35N. The summed E-state index contributed by atoms with van der Waals surface area (Å²) >= 11 is 0. The Hall–Kier alpha value is -1.76. The number of benzene rings is 2. The van der Waals surface area contributed by atoms with Crippen molar-refractivity contribution in [3.63, 3.8) is 0 Å². The predicted molar refractivity (Wildman–Crippen MR) is 112 cm³/mol. The van der Waals surface area contributed by atoms with Gasteiger partial charge in [0.2, 0.25) is 0 Å². The Bertz CT molecular complexity index is 495. The van der Waals surface area contributed by atoms with Gasteiger partial charge in [-0.25, -0.2) is 0 Å². The van der Waals surface area contributed by atoms with Gasteiger partial charge in [-0.3, -0.25) is 0 Å². The number of hydrogen-bond donors (Lipinski definition) is 0. The predicted octanol–water partition coefficient (Wildman–Crippen LogP) is 7.75. The van der Waals surface area contributed by atoms with Crippen LogP contribution in [0.25, 0.3) is 0 Å². The highest BCUT2D eigenvalue weighted by molar-refractivity contribution is 5.62. The molecule has 1 nitrogen and oxygen atoms in total. The molecule has 0 spiro atoms. The van der Waals surface area contributed by atoms with Gasteiger partial charge in [-0.15, -0.1) is 0 Å². The number of rotatable bonds is 13. The molecule has 0 atom stereocenters. The van der Waals surface area contributed by atoms with Crippen molar-refractivity contribution in [1.82, 2.24) is 0 Å². The van der Waals surface area contributed by atoms with Gasteiger partial charge in [-0.2, -0.15) is 0 Å². The third-order valence-electron chi connectivity index (χ3n) is 4.87. The molecule has 0 bridgehead atoms. The molecule has 0 saturated carbocycles. The van der Waals surface area contributed by atoms with Gasteiger partial charge in [0.25, 0.3) is 0 Å². The fourth-order valence-corrected chi connectivity index (χ4v) is 3.38. The van der Waals surface area contributed by atoms with Crippen molar-refractivity contribution >= 4 is 11.4 Å². The molecule has 0 saturated heterocycles. The summed E-state index contributed by atoms with van der Waals surface area (Å²) in [6.07, 6.45) is 13.9. The van der Waals surface area contributed by atoms with Crippen LogP contribution in [-0.4, -0.2) is 6.54 Å². The van der Waals surface area contributed by atoms with Crippen LogP contribution in [0.4, 0.5) is 11.4 Å². The van der Waals surface area contributed by atoms with Crippen LogP contribution in [0.1, 0.15) is 71.1 Å². The van der Waals surface area contributed by atoms with E-state index in [1.54, 1.807) is 0 Å². The lowest BCUT2D eigenvalue weighted by atomic mass is 10.1. The minimum absolute atomic E-state index is 1.10. The van der Waals surface area contributed by atoms with Crippen LogP contribution < -0.4 is 4.90 Å². The fourth-order valence-electron chi connectivity index (χ4n) is 3.38. The zero-order valence-electron chi connectivity index (χ0n) is 16.0. The second-order valence-electron chi connectivity index (χ2n) is 7.00. The van der Waals surface area contributed by atoms with E-state index in [2.05, 4.69) is 72.5 Å². The average Bonchev–Trinajstić information content (AvgIpc) is 2.67. The van der Waals surface area contributed by atoms with Gasteiger partial charge in [0, 0.05) is 17.9 Å². The number of nitrogens with zero attached hydrogens (tertiary/aromatic N) is 1. The zero-order valence-corrected chi connectivity index (χ0v) is 16.0. The summed E-state index contributed by atoms with van der Waals surface area (Å²) in [5.74, 6) is 0. The van der Waals surface area contributed by atoms with E-state index in [1.165, 1.54) is 75.6 Å². The van der Waals surface area contributed by atoms with E-state index in [-0.39, 0.29) is 0 Å². The van der Waals surface area contributed by atoms with E-state index in [1.807, 2.05) is 0 Å². The molecule has 0 unspecified atom stereocenters. The largest absolute Gasteiger partial charge is 0.341 e. The van der Waals surface area contributed by atoms with E-state index in [0.717, 1.165) is 6.54 Å². The van der Waals surface area contributed by atoms with Gasteiger partial charge >= 0.3 is 0 Å². The van der Waals surface area contributed by atoms with Gasteiger partial charge in [-0.1, -0.05) is 101 Å². The highest BCUT2D eigenvalue weighted by Crippen LogP contribution is 2.25. The maximum Gasteiger partial charge on any atom is 0.0410 e. The van der Waals surface area contributed by atoms with Gasteiger partial charge in [0.05, 0.1) is 0 Å². The van der Waals surface area contributed by atoms with Crippen molar-refractivity contribution in [1.29, 1.82) is 0 Å². The SMILES string of the molecule is CCCCCCCCCCCCN(c1ccccc1)c1ccccc1. The molecule has 0 aliphatic heterocycles. The van der Waals surface area contributed by atoms with E-state index in [0.29, 0.717) is 0 Å². The van der Waals surface area contributed by atoms with E-state index in [4.69, 9.17) is 0 Å². The van der Waals surface area contributed by atoms with Crippen LogP contribution in [0.3, 0.4) is 0 Å². The third kappa shape index (κ3) is 7.77. The molecule has 0 aliphatic rings. The smallest absolute Gasteiger partial charge is 0.0410 e. The molecule has 0 amide bonds. The van der Waals surface area contributed by atoms with E-state index in [9.17, 15) is 0 Å². The monoisotopic (exact) mass is 337 g/mol. The molecule has 2 aromatic rings. The van der Waals surface area contributed by atoms with Crippen molar-refractivity contribution in [3.05, 3.63) is 60.7 Å². The maximum absolute atomic E-state index is 2.45. The highest BCUT2D eigenvalue weighted by Gasteiger charge is 2.07. The van der Waals surface area contributed by atoms with Crippen molar-refractivity contribution in [2.75, 3.05) is 11.4 Å². The van der Waals surface area contributed by atoms with E-state index < -0.39 is 0 Å². The van der Waals surface area contributed by atoms with E-state index >= 15 is 0 Å². The number of unbranched alkanes of at least 4 members (excludes halogenated alkanes) is 9. The fraction of sp³-hybridized carbons (Fsp3) is 0.500. The molecule has 136 valence electrons. The molecule has 0 aliphatic carbocycles. The zero-order chi connectivity index (χ0) is 17.6. The highest BCUT2D eigenvalue weighted by atomic mass is 15.1. The lowest BCUT2D eigenvalue weighted by molar-refractivity contribution is 0.557. The van der Waals surface area contributed by atoms with Crippen molar-refractivity contribution in [2.24, 2.45) is 0 Å². The third-order valence-corrected chi connectivity index (χ3v) is 4.87. The molecule has 25 heavy (non-hydrogen) atoms. The lowest BCUT2D eigenvalue weighted by Crippen LogP contribution is -2.18. The van der Waals surface area contributed by atoms with Crippen LogP contribution in [0.15, 0.2) is 60.7 Å². The first kappa shape index (κ1) is 19.6. The molecule has 1 heteroatoms. The van der Waals surface area contributed by atoms with Crippen LogP contribution in [0.2, 0.25) is 0 Å². The quantitative estimate of drug-likeness (QED) is 0.338. The van der Waals surface area contributed by atoms with Gasteiger partial charge in [-0.05, 0) is 30.7 Å². The Morgan fingerprint density at radius 1 is 0.520 bits per heavy atom. The average molecular weight is 338 g/mol. The summed E-state index contributed by atoms with van der Waals surface area (Å²) < 4.78 is 0. The van der Waals surface area contributed by atoms with Gasteiger partial charge < -0.3 is 4.90 Å². The second kappa shape index (κ2) is 12.6. The molecular weight excluding hydrogens is 302 g/mol. The van der Waals surface area contributed by atoms with Crippen LogP contribution >= 0.6 is 0 Å². The Kier molecular flexibility index (Phi) is 9.84. The normalized spacial score (nSPS) is 10.8. The van der Waals surface area contributed by atoms with Gasteiger partial charge in [0.1, 0.15) is 0 Å². The van der Waals surface area contributed by atoms with Crippen LogP contribution in [0, 0.1) is 0 Å². The summed E-state index contributed by atoms with van der Waals surface area (Å²) in [7, 11) is 0. The summed E-state index contributed by atoms with van der Waals surface area (Å²) in [5, 5.41) is 0. The maximum atomic E-state index is 2.45. The van der Waals surface area contributed by atoms with Crippen molar-refractivity contribution < 1.29 is 0 Å². The van der Waals surface area contributed by atoms with Crippen LogP contribution in [-0.2, 0) is 0 Å². The molecule has 0 radical (unpaired) electrons. The van der Waals surface area contributed by atoms with Crippen molar-refractivity contribution in [3.8, 4) is 0 Å². The Labute approximate surface area is 155 Å². The number of hydrogen-bond acceptors (Lipinski definition) is 1. The molecule has 2 rings (SSSR count). The molecule has 0 fully saturated rings. The molecule has 0 heterocycles. The van der Waals surface area contributed by atoms with Crippen LogP contribution in [0.5, 0.6) is 0 Å². The van der Waals surface area contributed by atoms with Gasteiger partial charge in [0.15, 0.2) is 0 Å². The first-order chi connectivity index (χ1) is 12.4. The topological polar surface area (TPSA) is 3.24 Å².